The van der Waals surface area contributed by atoms with E-state index in [2.05, 4.69) is 20.0 Å². The first kappa shape index (κ1) is 20.7. The van der Waals surface area contributed by atoms with Crippen molar-refractivity contribution in [3.05, 3.63) is 29.2 Å². The summed E-state index contributed by atoms with van der Waals surface area (Å²) in [5, 5.41) is 5.14. The van der Waals surface area contributed by atoms with E-state index < -0.39 is 34.5 Å². The fourth-order valence-electron chi connectivity index (χ4n) is 1.95. The maximum Gasteiger partial charge on any atom is 0.328 e. The highest BCUT2D eigenvalue weighted by atomic mass is 32.2. The molecule has 0 spiro atoms. The van der Waals surface area contributed by atoms with E-state index in [4.69, 9.17) is 0 Å². The fraction of sp³-hybridized carbons (Fsp3) is 0.467. The average molecular weight is 371 g/mol. The van der Waals surface area contributed by atoms with Crippen LogP contribution in [0.15, 0.2) is 34.3 Å². The maximum absolute atomic E-state index is 12.1. The van der Waals surface area contributed by atoms with Crippen LogP contribution in [0.2, 0.25) is 0 Å². The summed E-state index contributed by atoms with van der Waals surface area (Å²) in [5.74, 6) is -1.43. The molecule has 1 rings (SSSR count). The number of carbonyl (C=O) groups excluding carboxylic acids is 2. The number of benzene rings is 1. The van der Waals surface area contributed by atoms with E-state index in [1.807, 2.05) is 6.92 Å². The summed E-state index contributed by atoms with van der Waals surface area (Å²) in [5.41, 5.74) is 0.0890. The van der Waals surface area contributed by atoms with E-state index >= 15 is 0 Å². The quantitative estimate of drug-likeness (QED) is 0.493. The van der Waals surface area contributed by atoms with Crippen molar-refractivity contribution in [2.45, 2.75) is 31.2 Å². The lowest BCUT2D eigenvalue weighted by atomic mass is 9.99. The number of ether oxygens (including phenoxy) is 1. The molecule has 2 atom stereocenters. The van der Waals surface area contributed by atoms with Crippen molar-refractivity contribution in [3.63, 3.8) is 0 Å². The largest absolute Gasteiger partial charge is 0.467 e. The molecular weight excluding hydrogens is 350 g/mol. The smallest absolute Gasteiger partial charge is 0.328 e. The van der Waals surface area contributed by atoms with Gasteiger partial charge in [-0.15, -0.1) is 4.91 Å². The molecule has 1 aromatic carbocycles. The van der Waals surface area contributed by atoms with Crippen molar-refractivity contribution < 1.29 is 22.7 Å². The molecule has 0 fully saturated rings. The van der Waals surface area contributed by atoms with Gasteiger partial charge in [-0.2, -0.15) is 0 Å². The third-order valence-electron chi connectivity index (χ3n) is 3.66. The number of rotatable bonds is 9. The highest BCUT2D eigenvalue weighted by Crippen LogP contribution is 2.15. The first-order valence-corrected chi connectivity index (χ1v) is 9.03. The van der Waals surface area contributed by atoms with Crippen LogP contribution in [-0.2, 0) is 24.3 Å². The Morgan fingerprint density at radius 2 is 1.84 bits per heavy atom. The lowest BCUT2D eigenvalue weighted by molar-refractivity contribution is -0.146. The topological polar surface area (TPSA) is 131 Å². The molecule has 0 bridgehead atoms. The average Bonchev–Trinajstić information content (AvgIpc) is 2.63. The predicted molar refractivity (Wildman–Crippen MR) is 90.5 cm³/mol. The Balaban J connectivity index is 2.72. The molecule has 0 unspecified atom stereocenters. The molecule has 138 valence electrons. The van der Waals surface area contributed by atoms with E-state index in [9.17, 15) is 22.9 Å². The number of nitrogens with one attached hydrogen (secondary N) is 2. The lowest BCUT2D eigenvalue weighted by Gasteiger charge is -2.21. The zero-order valence-corrected chi connectivity index (χ0v) is 15.0. The molecule has 10 heteroatoms. The van der Waals surface area contributed by atoms with Crippen LogP contribution >= 0.6 is 0 Å². The van der Waals surface area contributed by atoms with Crippen LogP contribution < -0.4 is 10.0 Å². The lowest BCUT2D eigenvalue weighted by Crippen LogP contribution is -2.48. The minimum Gasteiger partial charge on any atom is -0.467 e. The van der Waals surface area contributed by atoms with Gasteiger partial charge in [-0.3, -0.25) is 4.79 Å². The number of carbonyl (C=O) groups is 2. The van der Waals surface area contributed by atoms with Crippen LogP contribution in [-0.4, -0.2) is 40.0 Å². The zero-order chi connectivity index (χ0) is 19.0. The molecule has 1 aromatic rings. The van der Waals surface area contributed by atoms with Crippen molar-refractivity contribution in [2.75, 3.05) is 13.7 Å². The highest BCUT2D eigenvalue weighted by Gasteiger charge is 2.27. The summed E-state index contributed by atoms with van der Waals surface area (Å²) >= 11 is 0. The van der Waals surface area contributed by atoms with E-state index in [0.29, 0.717) is 6.42 Å². The first-order chi connectivity index (χ1) is 11.7. The Labute approximate surface area is 146 Å². The molecule has 1 amide bonds. The van der Waals surface area contributed by atoms with Crippen molar-refractivity contribution >= 4 is 27.6 Å². The van der Waals surface area contributed by atoms with E-state index in [0.717, 1.165) is 0 Å². The van der Waals surface area contributed by atoms with Gasteiger partial charge in [0.15, 0.2) is 0 Å². The molecule has 0 aliphatic carbocycles. The van der Waals surface area contributed by atoms with Gasteiger partial charge in [-0.25, -0.2) is 17.9 Å². The number of hydrogen-bond acceptors (Lipinski definition) is 7. The summed E-state index contributed by atoms with van der Waals surface area (Å²) in [4.78, 5) is 33.9. The third-order valence-corrected chi connectivity index (χ3v) is 5.08. The number of nitrogens with zero attached hydrogens (tertiary/aromatic N) is 1. The van der Waals surface area contributed by atoms with Crippen LogP contribution in [0, 0.1) is 10.8 Å². The van der Waals surface area contributed by atoms with Gasteiger partial charge in [-0.1, -0.05) is 20.3 Å². The standard InChI is InChI=1S/C15H21N3O6S/c1-4-10(2)14(15(20)24-3)17-13(19)9-16-25(22,23)12-7-5-11(18-21)6-8-12/h5-8,10,14,16H,4,9H2,1-3H3,(H,17,19)/t10-,14-/m0/s1. The van der Waals surface area contributed by atoms with Crippen molar-refractivity contribution in [1.82, 2.24) is 10.0 Å². The van der Waals surface area contributed by atoms with Gasteiger partial charge in [-0.05, 0) is 35.4 Å². The number of amides is 1. The SMILES string of the molecule is CC[C@H](C)[C@H](NC(=O)CNS(=O)(=O)c1ccc(N=O)cc1)C(=O)OC. The summed E-state index contributed by atoms with van der Waals surface area (Å²) in [7, 11) is -2.73. The normalized spacial score (nSPS) is 13.6. The van der Waals surface area contributed by atoms with E-state index in [1.165, 1.54) is 31.4 Å². The molecule has 0 heterocycles. The summed E-state index contributed by atoms with van der Waals surface area (Å²) < 4.78 is 31.0. The predicted octanol–water partition coefficient (Wildman–Crippen LogP) is 1.07. The number of methoxy groups -OCH3 is 1. The number of esters is 1. The second-order valence-corrected chi connectivity index (χ2v) is 7.13. The summed E-state index contributed by atoms with van der Waals surface area (Å²) in [6.45, 7) is 3.09. The van der Waals surface area contributed by atoms with Crippen LogP contribution in [0.1, 0.15) is 20.3 Å². The molecule has 0 aliphatic heterocycles. The van der Waals surface area contributed by atoms with Gasteiger partial charge < -0.3 is 10.1 Å². The molecular formula is C15H21N3O6S. The summed E-state index contributed by atoms with van der Waals surface area (Å²) in [6, 6.07) is 4.04. The second kappa shape index (κ2) is 9.23. The zero-order valence-electron chi connectivity index (χ0n) is 14.2. The van der Waals surface area contributed by atoms with Crippen molar-refractivity contribution in [3.8, 4) is 0 Å². The molecule has 25 heavy (non-hydrogen) atoms. The first-order valence-electron chi connectivity index (χ1n) is 7.55. The highest BCUT2D eigenvalue weighted by molar-refractivity contribution is 7.89. The van der Waals surface area contributed by atoms with Gasteiger partial charge >= 0.3 is 5.97 Å². The molecule has 0 saturated carbocycles. The molecule has 0 aliphatic rings. The van der Waals surface area contributed by atoms with Crippen LogP contribution in [0.3, 0.4) is 0 Å². The van der Waals surface area contributed by atoms with Gasteiger partial charge in [0.05, 0.1) is 18.6 Å². The van der Waals surface area contributed by atoms with E-state index in [1.54, 1.807) is 6.92 Å². The van der Waals surface area contributed by atoms with Crippen molar-refractivity contribution in [1.29, 1.82) is 0 Å². The maximum atomic E-state index is 12.1. The molecule has 0 radical (unpaired) electrons. The number of nitroso groups, excluding NO2 is 1. The van der Waals surface area contributed by atoms with Gasteiger partial charge in [0.25, 0.3) is 0 Å². The molecule has 0 saturated heterocycles. The van der Waals surface area contributed by atoms with E-state index in [-0.39, 0.29) is 16.5 Å². The molecule has 9 nitrogen and oxygen atoms in total. The molecule has 2 N–H and O–H groups in total. The monoisotopic (exact) mass is 371 g/mol. The number of sulfonamides is 1. The Hall–Kier alpha value is -2.33. The fourth-order valence-corrected chi connectivity index (χ4v) is 2.93. The molecule has 0 aromatic heterocycles. The van der Waals surface area contributed by atoms with Gasteiger partial charge in [0.2, 0.25) is 15.9 Å². The Morgan fingerprint density at radius 1 is 1.24 bits per heavy atom. The minimum absolute atomic E-state index is 0.0890. The Kier molecular flexibility index (Phi) is 7.65. The Bertz CT molecular complexity index is 717. The van der Waals surface area contributed by atoms with Gasteiger partial charge in [0.1, 0.15) is 11.7 Å². The third kappa shape index (κ3) is 5.91. The van der Waals surface area contributed by atoms with Crippen LogP contribution in [0.4, 0.5) is 5.69 Å². The van der Waals surface area contributed by atoms with Crippen molar-refractivity contribution in [2.24, 2.45) is 11.1 Å². The Morgan fingerprint density at radius 3 is 2.32 bits per heavy atom. The van der Waals surface area contributed by atoms with Gasteiger partial charge in [0, 0.05) is 0 Å². The second-order valence-electron chi connectivity index (χ2n) is 5.36. The van der Waals surface area contributed by atoms with Crippen LogP contribution in [0.25, 0.3) is 0 Å². The summed E-state index contributed by atoms with van der Waals surface area (Å²) in [6.07, 6.45) is 0.628. The number of hydrogen-bond donors (Lipinski definition) is 2. The van der Waals surface area contributed by atoms with Crippen LogP contribution in [0.5, 0.6) is 0 Å². The minimum atomic E-state index is -3.94.